The number of hydrogen-bond acceptors (Lipinski definition) is 3. The van der Waals surface area contributed by atoms with Gasteiger partial charge in [-0.1, -0.05) is 48.5 Å². The third-order valence-corrected chi connectivity index (χ3v) is 5.04. The predicted molar refractivity (Wildman–Crippen MR) is 101 cm³/mol. The van der Waals surface area contributed by atoms with Crippen molar-refractivity contribution in [2.75, 3.05) is 13.1 Å². The van der Waals surface area contributed by atoms with E-state index < -0.39 is 0 Å². The quantitative estimate of drug-likeness (QED) is 0.732. The van der Waals surface area contributed by atoms with Gasteiger partial charge in [0, 0.05) is 16.6 Å². The number of fused-ring (bicyclic) bond motifs is 1. The molecular formula is C22H22N2O. The first kappa shape index (κ1) is 16.0. The van der Waals surface area contributed by atoms with Gasteiger partial charge < -0.3 is 5.32 Å². The number of rotatable bonds is 4. The van der Waals surface area contributed by atoms with Gasteiger partial charge in [-0.05, 0) is 49.5 Å². The van der Waals surface area contributed by atoms with Crippen LogP contribution in [-0.4, -0.2) is 23.9 Å². The van der Waals surface area contributed by atoms with Gasteiger partial charge in [-0.3, -0.25) is 9.78 Å². The molecule has 3 heteroatoms. The smallest absolute Gasteiger partial charge is 0.168 e. The highest BCUT2D eigenvalue weighted by atomic mass is 16.1. The number of Topliss-reactive ketones (excluding diaryl/α,β-unsaturated/α-hetero) is 1. The van der Waals surface area contributed by atoms with Crippen molar-refractivity contribution in [3.63, 3.8) is 0 Å². The van der Waals surface area contributed by atoms with Crippen molar-refractivity contribution < 1.29 is 4.79 Å². The molecule has 0 bridgehead atoms. The van der Waals surface area contributed by atoms with Crippen LogP contribution >= 0.6 is 0 Å². The van der Waals surface area contributed by atoms with Crippen molar-refractivity contribution in [1.82, 2.24) is 10.3 Å². The van der Waals surface area contributed by atoms with Gasteiger partial charge in [-0.2, -0.15) is 0 Å². The van der Waals surface area contributed by atoms with Crippen LogP contribution in [-0.2, 0) is 6.42 Å². The normalized spacial score (nSPS) is 15.4. The zero-order chi connectivity index (χ0) is 17.1. The fourth-order valence-corrected chi connectivity index (χ4v) is 3.57. The minimum Gasteiger partial charge on any atom is -0.317 e. The maximum Gasteiger partial charge on any atom is 0.168 e. The van der Waals surface area contributed by atoms with Crippen molar-refractivity contribution in [3.05, 3.63) is 77.5 Å². The Balaban J connectivity index is 1.48. The number of aromatic nitrogens is 1. The predicted octanol–water partition coefficient (Wildman–Crippen LogP) is 4.13. The summed E-state index contributed by atoms with van der Waals surface area (Å²) in [6.45, 7) is 2.16. The molecule has 2 aromatic carbocycles. The number of benzene rings is 2. The van der Waals surface area contributed by atoms with E-state index in [9.17, 15) is 4.79 Å². The SMILES string of the molecule is O=C(Cc1ccc2ccccc2n1)c1ccc(C2CCNCC2)cc1. The molecule has 1 N–H and O–H groups in total. The van der Waals surface area contributed by atoms with Crippen LogP contribution in [0.3, 0.4) is 0 Å². The van der Waals surface area contributed by atoms with Gasteiger partial charge >= 0.3 is 0 Å². The fraction of sp³-hybridized carbons (Fsp3) is 0.273. The van der Waals surface area contributed by atoms with Crippen molar-refractivity contribution in [2.45, 2.75) is 25.2 Å². The van der Waals surface area contributed by atoms with Gasteiger partial charge in [0.1, 0.15) is 0 Å². The van der Waals surface area contributed by atoms with Crippen LogP contribution in [0.5, 0.6) is 0 Å². The Hall–Kier alpha value is -2.52. The van der Waals surface area contributed by atoms with Crippen molar-refractivity contribution >= 4 is 16.7 Å². The summed E-state index contributed by atoms with van der Waals surface area (Å²) in [4.78, 5) is 17.2. The van der Waals surface area contributed by atoms with Crippen LogP contribution < -0.4 is 5.32 Å². The average molecular weight is 330 g/mol. The molecule has 3 aromatic rings. The molecule has 2 heterocycles. The summed E-state index contributed by atoms with van der Waals surface area (Å²) in [5, 5.41) is 4.49. The van der Waals surface area contributed by atoms with Crippen LogP contribution in [0.4, 0.5) is 0 Å². The van der Waals surface area contributed by atoms with Crippen LogP contribution in [0.2, 0.25) is 0 Å². The molecule has 1 fully saturated rings. The van der Waals surface area contributed by atoms with E-state index in [0.29, 0.717) is 12.3 Å². The molecule has 1 aliphatic rings. The molecular weight excluding hydrogens is 308 g/mol. The van der Waals surface area contributed by atoms with E-state index in [2.05, 4.69) is 22.4 Å². The van der Waals surface area contributed by atoms with E-state index in [1.165, 1.54) is 18.4 Å². The maximum absolute atomic E-state index is 12.6. The third kappa shape index (κ3) is 3.62. The Morgan fingerprint density at radius 3 is 2.52 bits per heavy atom. The van der Waals surface area contributed by atoms with E-state index >= 15 is 0 Å². The lowest BCUT2D eigenvalue weighted by Crippen LogP contribution is -2.26. The van der Waals surface area contributed by atoms with Gasteiger partial charge in [0.2, 0.25) is 0 Å². The molecule has 1 aliphatic heterocycles. The topological polar surface area (TPSA) is 42.0 Å². The molecule has 0 unspecified atom stereocenters. The highest BCUT2D eigenvalue weighted by molar-refractivity contribution is 5.97. The Bertz CT molecular complexity index is 880. The molecule has 0 saturated carbocycles. The number of carbonyl (C=O) groups is 1. The molecule has 0 atom stereocenters. The summed E-state index contributed by atoms with van der Waals surface area (Å²) in [5.74, 6) is 0.743. The maximum atomic E-state index is 12.6. The molecule has 25 heavy (non-hydrogen) atoms. The summed E-state index contributed by atoms with van der Waals surface area (Å²) in [5.41, 5.74) is 3.88. The standard InChI is InChI=1S/C22H22N2O/c25-22(15-20-10-9-18-3-1-2-4-21(18)24-20)19-7-5-16(6-8-19)17-11-13-23-14-12-17/h1-10,17,23H,11-15H2. The lowest BCUT2D eigenvalue weighted by atomic mass is 9.89. The van der Waals surface area contributed by atoms with Gasteiger partial charge in [-0.15, -0.1) is 0 Å². The fourth-order valence-electron chi connectivity index (χ4n) is 3.57. The van der Waals surface area contributed by atoms with E-state index in [1.807, 2.05) is 48.5 Å². The van der Waals surface area contributed by atoms with Crippen LogP contribution in [0.25, 0.3) is 10.9 Å². The Kier molecular flexibility index (Phi) is 4.57. The number of ketones is 1. The number of carbonyl (C=O) groups excluding carboxylic acids is 1. The second-order valence-corrected chi connectivity index (χ2v) is 6.74. The first-order valence-corrected chi connectivity index (χ1v) is 8.98. The zero-order valence-corrected chi connectivity index (χ0v) is 14.2. The lowest BCUT2D eigenvalue weighted by Gasteiger charge is -2.23. The van der Waals surface area contributed by atoms with E-state index in [-0.39, 0.29) is 5.78 Å². The third-order valence-electron chi connectivity index (χ3n) is 5.04. The molecule has 0 spiro atoms. The molecule has 3 nitrogen and oxygen atoms in total. The van der Waals surface area contributed by atoms with E-state index in [4.69, 9.17) is 0 Å². The molecule has 0 aliphatic carbocycles. The summed E-state index contributed by atoms with van der Waals surface area (Å²) in [6, 6.07) is 20.2. The lowest BCUT2D eigenvalue weighted by molar-refractivity contribution is 0.0992. The van der Waals surface area contributed by atoms with Gasteiger partial charge in [-0.25, -0.2) is 0 Å². The van der Waals surface area contributed by atoms with Crippen LogP contribution in [0, 0.1) is 0 Å². The van der Waals surface area contributed by atoms with Crippen molar-refractivity contribution in [2.24, 2.45) is 0 Å². The van der Waals surface area contributed by atoms with Gasteiger partial charge in [0.15, 0.2) is 5.78 Å². The molecule has 0 amide bonds. The summed E-state index contributed by atoms with van der Waals surface area (Å²) >= 11 is 0. The number of pyridine rings is 1. The monoisotopic (exact) mass is 330 g/mol. The zero-order valence-electron chi connectivity index (χ0n) is 14.2. The number of piperidine rings is 1. The van der Waals surface area contributed by atoms with Crippen molar-refractivity contribution in [1.29, 1.82) is 0 Å². The minimum absolute atomic E-state index is 0.125. The number of nitrogens with one attached hydrogen (secondary N) is 1. The molecule has 126 valence electrons. The highest BCUT2D eigenvalue weighted by Crippen LogP contribution is 2.25. The second kappa shape index (κ2) is 7.16. The Morgan fingerprint density at radius 2 is 1.72 bits per heavy atom. The first-order valence-electron chi connectivity index (χ1n) is 8.98. The van der Waals surface area contributed by atoms with Gasteiger partial charge in [0.25, 0.3) is 0 Å². The molecule has 1 aromatic heterocycles. The summed E-state index contributed by atoms with van der Waals surface area (Å²) in [7, 11) is 0. The molecule has 0 radical (unpaired) electrons. The average Bonchev–Trinajstić information content (AvgIpc) is 2.69. The van der Waals surface area contributed by atoms with Crippen LogP contribution in [0.15, 0.2) is 60.7 Å². The minimum atomic E-state index is 0.125. The number of para-hydroxylation sites is 1. The molecule has 4 rings (SSSR count). The summed E-state index contributed by atoms with van der Waals surface area (Å²) < 4.78 is 0. The molecule has 1 saturated heterocycles. The van der Waals surface area contributed by atoms with E-state index in [1.54, 1.807) is 0 Å². The van der Waals surface area contributed by atoms with E-state index in [0.717, 1.165) is 35.2 Å². The number of hydrogen-bond donors (Lipinski definition) is 1. The van der Waals surface area contributed by atoms with Gasteiger partial charge in [0.05, 0.1) is 11.9 Å². The largest absolute Gasteiger partial charge is 0.317 e. The number of nitrogens with zero attached hydrogens (tertiary/aromatic N) is 1. The highest BCUT2D eigenvalue weighted by Gasteiger charge is 2.16. The van der Waals surface area contributed by atoms with Crippen molar-refractivity contribution in [3.8, 4) is 0 Å². The first-order chi connectivity index (χ1) is 12.3. The Labute approximate surface area is 148 Å². The summed E-state index contributed by atoms with van der Waals surface area (Å²) in [6.07, 6.45) is 2.69. The Morgan fingerprint density at radius 1 is 0.960 bits per heavy atom. The van der Waals surface area contributed by atoms with Crippen LogP contribution in [0.1, 0.15) is 40.4 Å². The second-order valence-electron chi connectivity index (χ2n) is 6.74.